The van der Waals surface area contributed by atoms with Crippen LogP contribution in [0.4, 0.5) is 0 Å². The van der Waals surface area contributed by atoms with E-state index in [0.29, 0.717) is 18.8 Å². The van der Waals surface area contributed by atoms with Gasteiger partial charge in [0.05, 0.1) is 12.2 Å². The highest BCUT2D eigenvalue weighted by atomic mass is 35.5. The van der Waals surface area contributed by atoms with Gasteiger partial charge >= 0.3 is 0 Å². The Kier molecular flexibility index (Phi) is 5.12. The lowest BCUT2D eigenvalue weighted by atomic mass is 10.1. The maximum Gasteiger partial charge on any atom is 0.260 e. The van der Waals surface area contributed by atoms with Crippen LogP contribution in [0, 0.1) is 13.8 Å². The molecule has 1 heterocycles. The van der Waals surface area contributed by atoms with Crippen molar-refractivity contribution in [2.75, 3.05) is 19.7 Å². The van der Waals surface area contributed by atoms with Gasteiger partial charge in [0.15, 0.2) is 6.61 Å². The highest BCUT2D eigenvalue weighted by Gasteiger charge is 2.26. The number of rotatable bonds is 3. The lowest BCUT2D eigenvalue weighted by molar-refractivity contribution is -0.145. The van der Waals surface area contributed by atoms with E-state index in [0.717, 1.165) is 16.1 Å². The molecule has 0 aliphatic carbocycles. The van der Waals surface area contributed by atoms with Gasteiger partial charge in [0.25, 0.3) is 5.91 Å². The van der Waals surface area contributed by atoms with E-state index in [2.05, 4.69) is 0 Å². The number of morpholine rings is 1. The summed E-state index contributed by atoms with van der Waals surface area (Å²) >= 11 is 6.12. The summed E-state index contributed by atoms with van der Waals surface area (Å²) in [5.41, 5.74) is 1.90. The van der Waals surface area contributed by atoms with Crippen LogP contribution in [0.1, 0.15) is 25.0 Å². The van der Waals surface area contributed by atoms with E-state index in [4.69, 9.17) is 21.1 Å². The SMILES string of the molecule is Cc1cc(OCC(=O)N2C[C@@H](C)O[C@@H](C)C2)cc(C)c1Cl. The van der Waals surface area contributed by atoms with Crippen LogP contribution >= 0.6 is 11.6 Å². The van der Waals surface area contributed by atoms with E-state index in [1.165, 1.54) is 0 Å². The highest BCUT2D eigenvalue weighted by molar-refractivity contribution is 6.32. The first kappa shape index (κ1) is 16.1. The van der Waals surface area contributed by atoms with E-state index in [-0.39, 0.29) is 24.7 Å². The van der Waals surface area contributed by atoms with Crippen molar-refractivity contribution >= 4 is 17.5 Å². The van der Waals surface area contributed by atoms with Gasteiger partial charge < -0.3 is 14.4 Å². The van der Waals surface area contributed by atoms with Crippen LogP contribution in [0.3, 0.4) is 0 Å². The summed E-state index contributed by atoms with van der Waals surface area (Å²) in [6.07, 6.45) is 0.135. The Morgan fingerprint density at radius 3 is 2.33 bits per heavy atom. The maximum absolute atomic E-state index is 12.2. The van der Waals surface area contributed by atoms with Gasteiger partial charge in [-0.25, -0.2) is 0 Å². The van der Waals surface area contributed by atoms with E-state index in [9.17, 15) is 4.79 Å². The van der Waals surface area contributed by atoms with Crippen molar-refractivity contribution in [2.45, 2.75) is 39.9 Å². The first-order valence-corrected chi connectivity index (χ1v) is 7.57. The first-order chi connectivity index (χ1) is 9.86. The predicted molar refractivity (Wildman–Crippen MR) is 83.0 cm³/mol. The zero-order valence-electron chi connectivity index (χ0n) is 13.0. The molecule has 0 radical (unpaired) electrons. The van der Waals surface area contributed by atoms with Crippen molar-refractivity contribution in [1.82, 2.24) is 4.90 Å². The number of aryl methyl sites for hydroxylation is 2. The Morgan fingerprint density at radius 2 is 1.81 bits per heavy atom. The molecule has 1 fully saturated rings. The molecule has 1 aromatic rings. The summed E-state index contributed by atoms with van der Waals surface area (Å²) < 4.78 is 11.2. The number of hydrogen-bond acceptors (Lipinski definition) is 3. The van der Waals surface area contributed by atoms with Gasteiger partial charge in [-0.3, -0.25) is 4.79 Å². The number of carbonyl (C=O) groups excluding carboxylic acids is 1. The monoisotopic (exact) mass is 311 g/mol. The predicted octanol–water partition coefficient (Wildman–Crippen LogP) is 2.97. The van der Waals surface area contributed by atoms with Gasteiger partial charge in [0.2, 0.25) is 0 Å². The Bertz CT molecular complexity index is 499. The molecule has 1 amide bonds. The van der Waals surface area contributed by atoms with Crippen molar-refractivity contribution in [3.63, 3.8) is 0 Å². The average Bonchev–Trinajstić information content (AvgIpc) is 2.40. The van der Waals surface area contributed by atoms with Crippen LogP contribution in [0.2, 0.25) is 5.02 Å². The second kappa shape index (κ2) is 6.67. The number of nitrogens with zero attached hydrogens (tertiary/aromatic N) is 1. The highest BCUT2D eigenvalue weighted by Crippen LogP contribution is 2.25. The standard InChI is InChI=1S/C16H22ClNO3/c1-10-5-14(6-11(2)16(10)17)20-9-15(19)18-7-12(3)21-13(4)8-18/h5-6,12-13H,7-9H2,1-4H3/t12-,13+. The lowest BCUT2D eigenvalue weighted by Crippen LogP contribution is -2.49. The van der Waals surface area contributed by atoms with Crippen LogP contribution in [0.25, 0.3) is 0 Å². The lowest BCUT2D eigenvalue weighted by Gasteiger charge is -2.35. The van der Waals surface area contributed by atoms with Crippen molar-refractivity contribution in [3.8, 4) is 5.75 Å². The molecule has 2 rings (SSSR count). The zero-order chi connectivity index (χ0) is 15.6. The van der Waals surface area contributed by atoms with E-state index in [1.54, 1.807) is 4.90 Å². The Hall–Kier alpha value is -1.26. The number of hydrogen-bond donors (Lipinski definition) is 0. The number of ether oxygens (including phenoxy) is 2. The molecule has 5 heteroatoms. The van der Waals surface area contributed by atoms with Gasteiger partial charge in [0, 0.05) is 18.1 Å². The van der Waals surface area contributed by atoms with Crippen LogP contribution in [0.15, 0.2) is 12.1 Å². The van der Waals surface area contributed by atoms with E-state index < -0.39 is 0 Å². The maximum atomic E-state index is 12.2. The Labute approximate surface area is 131 Å². The van der Waals surface area contributed by atoms with Crippen LogP contribution in [0.5, 0.6) is 5.75 Å². The number of halogens is 1. The fourth-order valence-electron chi connectivity index (χ4n) is 2.61. The molecular weight excluding hydrogens is 290 g/mol. The van der Waals surface area contributed by atoms with Gasteiger partial charge in [-0.1, -0.05) is 11.6 Å². The summed E-state index contributed by atoms with van der Waals surface area (Å²) in [7, 11) is 0. The van der Waals surface area contributed by atoms with Crippen molar-refractivity contribution in [1.29, 1.82) is 0 Å². The summed E-state index contributed by atoms with van der Waals surface area (Å²) in [5.74, 6) is 0.666. The topological polar surface area (TPSA) is 38.8 Å². The molecular formula is C16H22ClNO3. The fraction of sp³-hybridized carbons (Fsp3) is 0.562. The van der Waals surface area contributed by atoms with Crippen molar-refractivity contribution < 1.29 is 14.3 Å². The molecule has 1 aromatic carbocycles. The summed E-state index contributed by atoms with van der Waals surface area (Å²) in [5, 5.41) is 0.740. The molecule has 0 bridgehead atoms. The number of amides is 1. The molecule has 1 saturated heterocycles. The summed E-state index contributed by atoms with van der Waals surface area (Å²) in [6, 6.07) is 3.71. The largest absolute Gasteiger partial charge is 0.484 e. The Morgan fingerprint density at radius 1 is 1.29 bits per heavy atom. The van der Waals surface area contributed by atoms with Crippen LogP contribution < -0.4 is 4.74 Å². The minimum Gasteiger partial charge on any atom is -0.484 e. The molecule has 0 unspecified atom stereocenters. The molecule has 0 aromatic heterocycles. The zero-order valence-corrected chi connectivity index (χ0v) is 13.7. The second-order valence-corrected chi connectivity index (χ2v) is 6.09. The third-order valence-electron chi connectivity index (χ3n) is 3.54. The summed E-state index contributed by atoms with van der Waals surface area (Å²) in [4.78, 5) is 14.0. The van der Waals surface area contributed by atoms with Gasteiger partial charge in [0.1, 0.15) is 5.75 Å². The smallest absolute Gasteiger partial charge is 0.260 e. The minimum absolute atomic E-state index is 0.0118. The van der Waals surface area contributed by atoms with Crippen molar-refractivity contribution in [2.24, 2.45) is 0 Å². The third kappa shape index (κ3) is 4.11. The quantitative estimate of drug-likeness (QED) is 0.861. The molecule has 1 aliphatic rings. The van der Waals surface area contributed by atoms with Crippen LogP contribution in [-0.2, 0) is 9.53 Å². The average molecular weight is 312 g/mol. The van der Waals surface area contributed by atoms with E-state index in [1.807, 2.05) is 39.8 Å². The van der Waals surface area contributed by atoms with E-state index >= 15 is 0 Å². The molecule has 0 N–H and O–H groups in total. The normalized spacial score (nSPS) is 22.2. The van der Waals surface area contributed by atoms with Crippen LogP contribution in [-0.4, -0.2) is 42.7 Å². The first-order valence-electron chi connectivity index (χ1n) is 7.19. The molecule has 116 valence electrons. The fourth-order valence-corrected chi connectivity index (χ4v) is 2.72. The molecule has 2 atom stereocenters. The Balaban J connectivity index is 1.95. The van der Waals surface area contributed by atoms with Crippen molar-refractivity contribution in [3.05, 3.63) is 28.3 Å². The second-order valence-electron chi connectivity index (χ2n) is 5.72. The number of benzene rings is 1. The minimum atomic E-state index is -0.0118. The molecule has 4 nitrogen and oxygen atoms in total. The van der Waals surface area contributed by atoms with Gasteiger partial charge in [-0.05, 0) is 51.0 Å². The summed E-state index contributed by atoms with van der Waals surface area (Å²) in [6.45, 7) is 9.08. The molecule has 0 spiro atoms. The molecule has 1 aliphatic heterocycles. The molecule has 0 saturated carbocycles. The third-order valence-corrected chi connectivity index (χ3v) is 4.14. The van der Waals surface area contributed by atoms with Gasteiger partial charge in [-0.15, -0.1) is 0 Å². The van der Waals surface area contributed by atoms with Gasteiger partial charge in [-0.2, -0.15) is 0 Å². The molecule has 21 heavy (non-hydrogen) atoms. The number of carbonyl (C=O) groups is 1.